The number of hydrogen-bond donors (Lipinski definition) is 1. The maximum Gasteiger partial charge on any atom is 0.331 e. The molecule has 8 heteroatoms. The smallest absolute Gasteiger partial charge is 0.331 e. The van der Waals surface area contributed by atoms with Gasteiger partial charge in [-0.05, 0) is 38.3 Å². The van der Waals surface area contributed by atoms with Crippen LogP contribution in [-0.2, 0) is 22.7 Å². The highest BCUT2D eigenvalue weighted by molar-refractivity contribution is 5.83. The monoisotopic (exact) mass is 442 g/mol. The minimum absolute atomic E-state index is 0.00106. The summed E-state index contributed by atoms with van der Waals surface area (Å²) in [6.45, 7) is 5.58. The van der Waals surface area contributed by atoms with E-state index in [1.54, 1.807) is 36.1 Å². The predicted molar refractivity (Wildman–Crippen MR) is 125 cm³/mol. The Kier molecular flexibility index (Phi) is 8.25. The Bertz CT molecular complexity index is 1070. The SMILES string of the molecule is CCCCCCNC(=O)C1CCCN(C(=O)Cn2c(=O)n(CC)c(=O)c3ccccc32)C1. The highest BCUT2D eigenvalue weighted by Gasteiger charge is 2.28. The maximum absolute atomic E-state index is 13.1. The molecule has 0 spiro atoms. The van der Waals surface area contributed by atoms with Crippen molar-refractivity contribution in [3.05, 3.63) is 45.1 Å². The van der Waals surface area contributed by atoms with Gasteiger partial charge in [-0.25, -0.2) is 4.79 Å². The molecule has 1 unspecified atom stereocenters. The summed E-state index contributed by atoms with van der Waals surface area (Å²) in [5.74, 6) is -0.433. The number of rotatable bonds is 9. The van der Waals surface area contributed by atoms with Crippen molar-refractivity contribution in [3.63, 3.8) is 0 Å². The van der Waals surface area contributed by atoms with Crippen LogP contribution in [0.25, 0.3) is 10.9 Å². The van der Waals surface area contributed by atoms with Crippen molar-refractivity contribution in [2.24, 2.45) is 5.92 Å². The van der Waals surface area contributed by atoms with Crippen LogP contribution in [0.2, 0.25) is 0 Å². The van der Waals surface area contributed by atoms with Crippen molar-refractivity contribution in [1.82, 2.24) is 19.4 Å². The Hall–Kier alpha value is -2.90. The fourth-order valence-corrected chi connectivity index (χ4v) is 4.36. The summed E-state index contributed by atoms with van der Waals surface area (Å²) in [6, 6.07) is 6.86. The average Bonchev–Trinajstić information content (AvgIpc) is 2.82. The topological polar surface area (TPSA) is 93.4 Å². The molecule has 2 amide bonds. The molecule has 0 bridgehead atoms. The average molecular weight is 443 g/mol. The van der Waals surface area contributed by atoms with E-state index >= 15 is 0 Å². The molecule has 2 aromatic rings. The van der Waals surface area contributed by atoms with Crippen LogP contribution >= 0.6 is 0 Å². The highest BCUT2D eigenvalue weighted by atomic mass is 16.2. The molecule has 1 aliphatic rings. The van der Waals surface area contributed by atoms with E-state index in [4.69, 9.17) is 0 Å². The van der Waals surface area contributed by atoms with Gasteiger partial charge < -0.3 is 10.2 Å². The second kappa shape index (κ2) is 11.1. The summed E-state index contributed by atoms with van der Waals surface area (Å²) >= 11 is 0. The fraction of sp³-hybridized carbons (Fsp3) is 0.583. The Morgan fingerprint density at radius 2 is 1.84 bits per heavy atom. The van der Waals surface area contributed by atoms with E-state index in [1.165, 1.54) is 11.0 Å². The first-order chi connectivity index (χ1) is 15.5. The largest absolute Gasteiger partial charge is 0.356 e. The van der Waals surface area contributed by atoms with E-state index in [0.29, 0.717) is 30.5 Å². The van der Waals surface area contributed by atoms with Crippen molar-refractivity contribution in [2.45, 2.75) is 65.5 Å². The standard InChI is InChI=1S/C24H34N4O4/c1-3-5-6-9-14-25-22(30)18-11-10-15-26(16-18)21(29)17-28-20-13-8-7-12-19(20)23(31)27(4-2)24(28)32/h7-8,12-13,18H,3-6,9-11,14-17H2,1-2H3,(H,25,30). The molecular formula is C24H34N4O4. The quantitative estimate of drug-likeness (QED) is 0.602. The molecule has 0 radical (unpaired) electrons. The van der Waals surface area contributed by atoms with Gasteiger partial charge in [-0.15, -0.1) is 0 Å². The van der Waals surface area contributed by atoms with Crippen molar-refractivity contribution >= 4 is 22.7 Å². The molecule has 0 saturated carbocycles. The van der Waals surface area contributed by atoms with Crippen LogP contribution in [0.3, 0.4) is 0 Å². The summed E-state index contributed by atoms with van der Waals surface area (Å²) in [5, 5.41) is 3.42. The number of piperidine rings is 1. The number of amides is 2. The zero-order valence-corrected chi connectivity index (χ0v) is 19.1. The first kappa shape index (κ1) is 23.8. The van der Waals surface area contributed by atoms with Gasteiger partial charge >= 0.3 is 5.69 Å². The van der Waals surface area contributed by atoms with Crippen molar-refractivity contribution in [3.8, 4) is 0 Å². The zero-order chi connectivity index (χ0) is 23.1. The third-order valence-electron chi connectivity index (χ3n) is 6.22. The van der Waals surface area contributed by atoms with Crippen LogP contribution in [0.1, 0.15) is 52.4 Å². The Morgan fingerprint density at radius 3 is 2.59 bits per heavy atom. The van der Waals surface area contributed by atoms with E-state index in [1.807, 2.05) is 0 Å². The number of para-hydroxylation sites is 1. The molecular weight excluding hydrogens is 408 g/mol. The third-order valence-corrected chi connectivity index (χ3v) is 6.22. The molecule has 1 atom stereocenters. The lowest BCUT2D eigenvalue weighted by atomic mass is 9.97. The summed E-state index contributed by atoms with van der Waals surface area (Å²) in [6.07, 6.45) is 5.91. The normalized spacial score (nSPS) is 16.3. The highest BCUT2D eigenvalue weighted by Crippen LogP contribution is 2.18. The number of fused-ring (bicyclic) bond motifs is 1. The number of nitrogens with one attached hydrogen (secondary N) is 1. The van der Waals surface area contributed by atoms with E-state index in [0.717, 1.165) is 36.7 Å². The van der Waals surface area contributed by atoms with Crippen LogP contribution < -0.4 is 16.6 Å². The zero-order valence-electron chi connectivity index (χ0n) is 19.1. The number of nitrogens with zero attached hydrogens (tertiary/aromatic N) is 3. The van der Waals surface area contributed by atoms with Gasteiger partial charge in [0.25, 0.3) is 5.56 Å². The Balaban J connectivity index is 1.71. The first-order valence-corrected chi connectivity index (χ1v) is 11.8. The van der Waals surface area contributed by atoms with Crippen LogP contribution in [0.4, 0.5) is 0 Å². The van der Waals surface area contributed by atoms with Crippen molar-refractivity contribution in [1.29, 1.82) is 0 Å². The van der Waals surface area contributed by atoms with Crippen LogP contribution in [0.5, 0.6) is 0 Å². The van der Waals surface area contributed by atoms with Crippen LogP contribution in [0.15, 0.2) is 33.9 Å². The molecule has 1 N–H and O–H groups in total. The molecule has 1 saturated heterocycles. The lowest BCUT2D eigenvalue weighted by Crippen LogP contribution is -2.48. The van der Waals surface area contributed by atoms with Gasteiger partial charge in [0, 0.05) is 26.2 Å². The summed E-state index contributed by atoms with van der Waals surface area (Å²) in [5.41, 5.74) is -0.368. The van der Waals surface area contributed by atoms with E-state index in [2.05, 4.69) is 12.2 Å². The summed E-state index contributed by atoms with van der Waals surface area (Å²) in [7, 11) is 0. The van der Waals surface area contributed by atoms with Gasteiger partial charge in [0.1, 0.15) is 6.54 Å². The predicted octanol–water partition coefficient (Wildman–Crippen LogP) is 2.12. The molecule has 3 rings (SSSR count). The molecule has 8 nitrogen and oxygen atoms in total. The summed E-state index contributed by atoms with van der Waals surface area (Å²) < 4.78 is 2.53. The number of unbranched alkanes of at least 4 members (excludes halogenated alkanes) is 3. The second-order valence-electron chi connectivity index (χ2n) is 8.47. The van der Waals surface area contributed by atoms with Crippen LogP contribution in [-0.4, -0.2) is 45.5 Å². The maximum atomic E-state index is 13.1. The third kappa shape index (κ3) is 5.29. The number of hydrogen-bond acceptors (Lipinski definition) is 4. The number of carbonyl (C=O) groups excluding carboxylic acids is 2. The van der Waals surface area contributed by atoms with Gasteiger partial charge in [0.2, 0.25) is 11.8 Å². The molecule has 1 aromatic carbocycles. The Labute approximate surface area is 188 Å². The molecule has 1 aromatic heterocycles. The second-order valence-corrected chi connectivity index (χ2v) is 8.47. The van der Waals surface area contributed by atoms with E-state index in [9.17, 15) is 19.2 Å². The first-order valence-electron chi connectivity index (χ1n) is 11.8. The number of likely N-dealkylation sites (tertiary alicyclic amines) is 1. The van der Waals surface area contributed by atoms with E-state index < -0.39 is 5.69 Å². The number of carbonyl (C=O) groups is 2. The van der Waals surface area contributed by atoms with Gasteiger partial charge in [-0.1, -0.05) is 38.3 Å². The van der Waals surface area contributed by atoms with Crippen molar-refractivity contribution < 1.29 is 9.59 Å². The van der Waals surface area contributed by atoms with Gasteiger partial charge in [-0.3, -0.25) is 23.5 Å². The Morgan fingerprint density at radius 1 is 1.06 bits per heavy atom. The fourth-order valence-electron chi connectivity index (χ4n) is 4.36. The van der Waals surface area contributed by atoms with Crippen LogP contribution in [0, 0.1) is 5.92 Å². The minimum atomic E-state index is -0.483. The number of benzene rings is 1. The van der Waals surface area contributed by atoms with Gasteiger partial charge in [0.05, 0.1) is 16.8 Å². The minimum Gasteiger partial charge on any atom is -0.356 e. The van der Waals surface area contributed by atoms with Gasteiger partial charge in [0.15, 0.2) is 0 Å². The molecule has 0 aliphatic carbocycles. The molecule has 1 fully saturated rings. The van der Waals surface area contributed by atoms with Crippen molar-refractivity contribution in [2.75, 3.05) is 19.6 Å². The lowest BCUT2D eigenvalue weighted by Gasteiger charge is -2.32. The van der Waals surface area contributed by atoms with Gasteiger partial charge in [-0.2, -0.15) is 0 Å². The lowest BCUT2D eigenvalue weighted by molar-refractivity contribution is -0.136. The summed E-state index contributed by atoms with van der Waals surface area (Å²) in [4.78, 5) is 52.8. The molecule has 174 valence electrons. The van der Waals surface area contributed by atoms with E-state index in [-0.39, 0.29) is 36.4 Å². The molecule has 2 heterocycles. The molecule has 1 aliphatic heterocycles. The molecule has 32 heavy (non-hydrogen) atoms. The number of aromatic nitrogens is 2.